The number of aryl methyl sites for hydroxylation is 1. The predicted molar refractivity (Wildman–Crippen MR) is 102 cm³/mol. The quantitative estimate of drug-likeness (QED) is 0.656. The molecule has 1 aliphatic heterocycles. The van der Waals surface area contributed by atoms with Crippen LogP contribution in [0.15, 0.2) is 41.3 Å². The van der Waals surface area contributed by atoms with Gasteiger partial charge >= 0.3 is 5.69 Å². The zero-order chi connectivity index (χ0) is 20.5. The third kappa shape index (κ3) is 3.89. The molecule has 1 aromatic carbocycles. The van der Waals surface area contributed by atoms with E-state index in [1.54, 1.807) is 23.6 Å². The second kappa shape index (κ2) is 7.50. The van der Waals surface area contributed by atoms with Crippen molar-refractivity contribution in [3.05, 3.63) is 69.9 Å². The van der Waals surface area contributed by atoms with Crippen molar-refractivity contribution in [2.24, 2.45) is 0 Å². The van der Waals surface area contributed by atoms with Crippen LogP contribution in [0, 0.1) is 18.6 Å². The highest BCUT2D eigenvalue weighted by molar-refractivity contribution is 5.44. The zero-order valence-electron chi connectivity index (χ0n) is 15.9. The van der Waals surface area contributed by atoms with Crippen LogP contribution >= 0.6 is 0 Å². The first-order valence-electron chi connectivity index (χ1n) is 8.95. The molecule has 0 spiro atoms. The van der Waals surface area contributed by atoms with E-state index >= 15 is 0 Å². The van der Waals surface area contributed by atoms with Crippen molar-refractivity contribution < 1.29 is 18.3 Å². The summed E-state index contributed by atoms with van der Waals surface area (Å²) in [6.07, 6.45) is 1.49. The third-order valence-corrected chi connectivity index (χ3v) is 4.55. The number of rotatable bonds is 5. The summed E-state index contributed by atoms with van der Waals surface area (Å²) in [5.41, 5.74) is 0.487. The van der Waals surface area contributed by atoms with Crippen LogP contribution in [0.4, 0.5) is 14.6 Å². The number of likely N-dealkylation sites (N-methyl/N-ethyl adjacent to an activating group) is 1. The van der Waals surface area contributed by atoms with Crippen LogP contribution in [0.25, 0.3) is 0 Å². The normalized spacial score (nSPS) is 12.8. The minimum Gasteiger partial charge on any atom is -0.473 e. The fourth-order valence-corrected chi connectivity index (χ4v) is 3.09. The minimum absolute atomic E-state index is 0.100. The summed E-state index contributed by atoms with van der Waals surface area (Å²) in [5, 5.41) is 0. The maximum absolute atomic E-state index is 14.4. The van der Waals surface area contributed by atoms with Crippen LogP contribution in [0.1, 0.15) is 11.3 Å². The van der Waals surface area contributed by atoms with Crippen molar-refractivity contribution in [3.8, 4) is 17.4 Å². The molecule has 1 aliphatic rings. The zero-order valence-corrected chi connectivity index (χ0v) is 15.9. The van der Waals surface area contributed by atoms with Crippen LogP contribution < -0.4 is 20.1 Å². The number of pyridine rings is 1. The number of ether oxygens (including phenoxy) is 2. The van der Waals surface area contributed by atoms with Crippen LogP contribution in [-0.2, 0) is 13.2 Å². The first-order valence-corrected chi connectivity index (χ1v) is 8.95. The fourth-order valence-electron chi connectivity index (χ4n) is 3.09. The highest BCUT2D eigenvalue weighted by atomic mass is 19.1. The Morgan fingerprint density at radius 3 is 2.62 bits per heavy atom. The molecular weight excluding hydrogens is 382 g/mol. The van der Waals surface area contributed by atoms with E-state index < -0.39 is 23.1 Å². The van der Waals surface area contributed by atoms with Gasteiger partial charge in [-0.2, -0.15) is 4.98 Å². The van der Waals surface area contributed by atoms with Crippen molar-refractivity contribution >= 4 is 5.82 Å². The van der Waals surface area contributed by atoms with E-state index in [1.165, 1.54) is 12.3 Å². The number of nitrogens with zero attached hydrogens (tertiary/aromatic N) is 4. The van der Waals surface area contributed by atoms with Crippen LogP contribution in [0.3, 0.4) is 0 Å². The van der Waals surface area contributed by atoms with Gasteiger partial charge in [-0.25, -0.2) is 13.6 Å². The lowest BCUT2D eigenvalue weighted by Gasteiger charge is -2.13. The maximum Gasteiger partial charge on any atom is 0.352 e. The Bertz CT molecular complexity index is 1110. The van der Waals surface area contributed by atoms with Crippen molar-refractivity contribution in [2.45, 2.75) is 20.1 Å². The lowest BCUT2D eigenvalue weighted by molar-refractivity contribution is 0.289. The summed E-state index contributed by atoms with van der Waals surface area (Å²) in [5.74, 6) is -1.15. The second-order valence-corrected chi connectivity index (χ2v) is 6.72. The third-order valence-electron chi connectivity index (χ3n) is 4.55. The molecule has 0 amide bonds. The number of benzene rings is 1. The van der Waals surface area contributed by atoms with Gasteiger partial charge in [-0.15, -0.1) is 0 Å². The Hall–Kier alpha value is -3.49. The molecular formula is C20H18F2N4O3. The molecule has 29 heavy (non-hydrogen) atoms. The van der Waals surface area contributed by atoms with Gasteiger partial charge in [0.1, 0.15) is 18.2 Å². The van der Waals surface area contributed by atoms with Crippen molar-refractivity contribution in [2.75, 3.05) is 18.5 Å². The first-order chi connectivity index (χ1) is 13.9. The molecule has 0 saturated carbocycles. The summed E-state index contributed by atoms with van der Waals surface area (Å²) in [4.78, 5) is 21.8. The molecule has 2 aromatic heterocycles. The highest BCUT2D eigenvalue weighted by Gasteiger charge is 2.19. The van der Waals surface area contributed by atoms with Crippen LogP contribution in [0.5, 0.6) is 17.4 Å². The van der Waals surface area contributed by atoms with Gasteiger partial charge in [0.25, 0.3) is 0 Å². The molecule has 0 bridgehead atoms. The van der Waals surface area contributed by atoms with Crippen molar-refractivity contribution in [3.63, 3.8) is 0 Å². The molecule has 7 nitrogen and oxygen atoms in total. The van der Waals surface area contributed by atoms with Gasteiger partial charge in [-0.05, 0) is 30.7 Å². The molecule has 4 rings (SSSR count). The number of anilines is 1. The van der Waals surface area contributed by atoms with Crippen molar-refractivity contribution in [1.29, 1.82) is 0 Å². The molecule has 9 heteroatoms. The SMILES string of the molecule is Cc1cc(Oc2c(F)cc(COc3cc4n(c(=O)n3)CCN4C)cc2F)ccn1. The number of fused-ring (bicyclic) bond motifs is 1. The van der Waals surface area contributed by atoms with Gasteiger partial charge in [0.2, 0.25) is 5.88 Å². The average molecular weight is 400 g/mol. The smallest absolute Gasteiger partial charge is 0.352 e. The molecule has 0 atom stereocenters. The number of aromatic nitrogens is 3. The summed E-state index contributed by atoms with van der Waals surface area (Å²) < 4.78 is 41.2. The van der Waals surface area contributed by atoms with E-state index in [4.69, 9.17) is 9.47 Å². The van der Waals surface area contributed by atoms with Crippen LogP contribution in [-0.4, -0.2) is 28.1 Å². The monoisotopic (exact) mass is 400 g/mol. The molecule has 150 valence electrons. The Morgan fingerprint density at radius 2 is 1.90 bits per heavy atom. The summed E-state index contributed by atoms with van der Waals surface area (Å²) >= 11 is 0. The maximum atomic E-state index is 14.4. The van der Waals surface area contributed by atoms with E-state index in [0.717, 1.165) is 12.1 Å². The molecule has 0 saturated heterocycles. The van der Waals surface area contributed by atoms with Gasteiger partial charge in [0.05, 0.1) is 0 Å². The lowest BCUT2D eigenvalue weighted by atomic mass is 10.2. The molecule has 0 radical (unpaired) electrons. The molecule has 0 N–H and O–H groups in total. The minimum atomic E-state index is -0.861. The molecule has 0 aliphatic carbocycles. The van der Waals surface area contributed by atoms with Crippen molar-refractivity contribution in [1.82, 2.24) is 14.5 Å². The van der Waals surface area contributed by atoms with E-state index in [-0.39, 0.29) is 23.8 Å². The summed E-state index contributed by atoms with van der Waals surface area (Å²) in [6.45, 7) is 2.86. The average Bonchev–Trinajstić information content (AvgIpc) is 3.05. The molecule has 0 unspecified atom stereocenters. The van der Waals surface area contributed by atoms with Gasteiger partial charge in [0.15, 0.2) is 17.4 Å². The predicted octanol–water partition coefficient (Wildman–Crippen LogP) is 3.05. The Balaban J connectivity index is 1.51. The topological polar surface area (TPSA) is 69.5 Å². The van der Waals surface area contributed by atoms with Gasteiger partial charge < -0.3 is 14.4 Å². The van der Waals surface area contributed by atoms with E-state index in [0.29, 0.717) is 24.6 Å². The first kappa shape index (κ1) is 18.9. The van der Waals surface area contributed by atoms with Gasteiger partial charge in [-0.3, -0.25) is 9.55 Å². The number of hydrogen-bond donors (Lipinski definition) is 0. The number of hydrogen-bond acceptors (Lipinski definition) is 6. The highest BCUT2D eigenvalue weighted by Crippen LogP contribution is 2.29. The van der Waals surface area contributed by atoms with E-state index in [1.807, 2.05) is 11.9 Å². The molecule has 3 aromatic rings. The molecule has 0 fully saturated rings. The Kier molecular flexibility index (Phi) is 4.87. The summed E-state index contributed by atoms with van der Waals surface area (Å²) in [6, 6.07) is 6.96. The van der Waals surface area contributed by atoms with Gasteiger partial charge in [-0.1, -0.05) is 0 Å². The van der Waals surface area contributed by atoms with E-state index in [9.17, 15) is 13.6 Å². The standard InChI is InChI=1S/C20H18F2N4O3/c1-12-7-14(3-4-23-12)29-19-15(21)8-13(9-16(19)22)11-28-17-10-18-25(2)5-6-26(18)20(27)24-17/h3-4,7-10H,5-6,11H2,1-2H3. The second-order valence-electron chi connectivity index (χ2n) is 6.72. The Labute approximate surface area is 165 Å². The Morgan fingerprint density at radius 1 is 1.14 bits per heavy atom. The van der Waals surface area contributed by atoms with E-state index in [2.05, 4.69) is 9.97 Å². The largest absolute Gasteiger partial charge is 0.473 e. The van der Waals surface area contributed by atoms with Crippen LogP contribution in [0.2, 0.25) is 0 Å². The molecule has 3 heterocycles. The fraction of sp³-hybridized carbons (Fsp3) is 0.250. The lowest BCUT2D eigenvalue weighted by Crippen LogP contribution is -2.22. The summed E-state index contributed by atoms with van der Waals surface area (Å²) in [7, 11) is 1.86. The van der Waals surface area contributed by atoms with Gasteiger partial charge in [0, 0.05) is 44.2 Å². The number of halogens is 2.